The maximum absolute atomic E-state index is 11.6. The summed E-state index contributed by atoms with van der Waals surface area (Å²) in [6, 6.07) is 7.00. The zero-order valence-electron chi connectivity index (χ0n) is 14.0. The van der Waals surface area contributed by atoms with Gasteiger partial charge in [-0.2, -0.15) is 0 Å². The number of carbonyl (C=O) groups is 2. The number of benzene rings is 1. The van der Waals surface area contributed by atoms with Gasteiger partial charge in [0.15, 0.2) is 0 Å². The molecule has 2 aromatic rings. The number of aromatic nitrogens is 2. The zero-order chi connectivity index (χ0) is 17.9. The first kappa shape index (κ1) is 18.0. The maximum atomic E-state index is 11.6. The average molecular weight is 348 g/mol. The lowest BCUT2D eigenvalue weighted by Gasteiger charge is -2.18. The van der Waals surface area contributed by atoms with E-state index in [0.29, 0.717) is 5.89 Å². The lowest BCUT2D eigenvalue weighted by molar-refractivity contribution is -0.119. The number of nitrogens with one attached hydrogen (secondary N) is 1. The minimum atomic E-state index is -0.891. The van der Waals surface area contributed by atoms with E-state index in [2.05, 4.69) is 31.0 Å². The van der Waals surface area contributed by atoms with Crippen LogP contribution in [0.25, 0.3) is 11.5 Å². The second-order valence-corrected chi connectivity index (χ2v) is 7.61. The largest absolute Gasteiger partial charge is 0.411 e. The predicted molar refractivity (Wildman–Crippen MR) is 91.5 cm³/mol. The molecule has 0 fully saturated rings. The van der Waals surface area contributed by atoms with Gasteiger partial charge in [0.2, 0.25) is 11.8 Å². The van der Waals surface area contributed by atoms with Crippen LogP contribution in [0.1, 0.15) is 33.3 Å². The van der Waals surface area contributed by atoms with Gasteiger partial charge in [0.25, 0.3) is 5.22 Å². The number of amides is 3. The van der Waals surface area contributed by atoms with Crippen molar-refractivity contribution < 1.29 is 14.0 Å². The van der Waals surface area contributed by atoms with E-state index in [0.717, 1.165) is 17.3 Å². The second kappa shape index (κ2) is 7.04. The Labute approximate surface area is 144 Å². The number of hydrogen-bond donors (Lipinski definition) is 2. The Kier molecular flexibility index (Phi) is 5.28. The third kappa shape index (κ3) is 4.58. The molecule has 0 aliphatic rings. The smallest absolute Gasteiger partial charge is 0.318 e. The highest BCUT2D eigenvalue weighted by molar-refractivity contribution is 8.00. The van der Waals surface area contributed by atoms with Gasteiger partial charge in [0.05, 0.1) is 5.25 Å². The van der Waals surface area contributed by atoms with E-state index in [9.17, 15) is 9.59 Å². The number of hydrogen-bond acceptors (Lipinski definition) is 6. The third-order valence-corrected chi connectivity index (χ3v) is 4.23. The molecule has 1 heterocycles. The van der Waals surface area contributed by atoms with E-state index >= 15 is 0 Å². The number of rotatable bonds is 4. The highest BCUT2D eigenvalue weighted by Crippen LogP contribution is 2.28. The molecule has 0 saturated carbocycles. The number of primary amides is 1. The quantitative estimate of drug-likeness (QED) is 0.822. The molecular weight excluding hydrogens is 328 g/mol. The van der Waals surface area contributed by atoms with E-state index in [1.54, 1.807) is 6.92 Å². The second-order valence-electron chi connectivity index (χ2n) is 6.31. The Hall–Kier alpha value is -2.35. The van der Waals surface area contributed by atoms with Crippen molar-refractivity contribution >= 4 is 23.7 Å². The standard InChI is InChI=1S/C16H20N4O3S/c1-9(12(21)18-14(17)22)24-15-20-19-13(23-15)10-5-7-11(8-6-10)16(2,3)4/h5-9H,1-4H3,(H3,17,18,21,22). The molecule has 0 saturated heterocycles. The van der Waals surface area contributed by atoms with Gasteiger partial charge >= 0.3 is 6.03 Å². The molecule has 24 heavy (non-hydrogen) atoms. The van der Waals surface area contributed by atoms with Crippen LogP contribution in [0.3, 0.4) is 0 Å². The molecule has 1 aromatic carbocycles. The number of nitrogens with zero attached hydrogens (tertiary/aromatic N) is 2. The first-order valence-electron chi connectivity index (χ1n) is 7.38. The Morgan fingerprint density at radius 3 is 2.38 bits per heavy atom. The summed E-state index contributed by atoms with van der Waals surface area (Å²) < 4.78 is 5.57. The van der Waals surface area contributed by atoms with E-state index in [1.807, 2.05) is 29.6 Å². The van der Waals surface area contributed by atoms with Crippen LogP contribution in [-0.2, 0) is 10.2 Å². The van der Waals surface area contributed by atoms with E-state index in [-0.39, 0.29) is 10.6 Å². The summed E-state index contributed by atoms with van der Waals surface area (Å²) in [4.78, 5) is 22.3. The van der Waals surface area contributed by atoms with Crippen molar-refractivity contribution in [1.82, 2.24) is 15.5 Å². The minimum absolute atomic E-state index is 0.0671. The first-order chi connectivity index (χ1) is 11.2. The zero-order valence-corrected chi connectivity index (χ0v) is 14.8. The first-order valence-corrected chi connectivity index (χ1v) is 8.26. The van der Waals surface area contributed by atoms with Crippen LogP contribution in [0.5, 0.6) is 0 Å². The number of urea groups is 1. The lowest BCUT2D eigenvalue weighted by atomic mass is 9.87. The summed E-state index contributed by atoms with van der Waals surface area (Å²) in [5.41, 5.74) is 6.99. The molecule has 0 aliphatic carbocycles. The summed E-state index contributed by atoms with van der Waals surface area (Å²) in [5, 5.41) is 9.58. The van der Waals surface area contributed by atoms with Gasteiger partial charge in [-0.05, 0) is 30.0 Å². The minimum Gasteiger partial charge on any atom is -0.411 e. The number of thioether (sulfide) groups is 1. The van der Waals surface area contributed by atoms with Gasteiger partial charge < -0.3 is 10.2 Å². The normalized spacial score (nSPS) is 12.7. The highest BCUT2D eigenvalue weighted by atomic mass is 32.2. The fraction of sp³-hybridized carbons (Fsp3) is 0.375. The molecular formula is C16H20N4O3S. The van der Waals surface area contributed by atoms with Crippen LogP contribution in [0.15, 0.2) is 33.9 Å². The fourth-order valence-corrected chi connectivity index (χ4v) is 2.60. The Bertz CT molecular complexity index is 735. The fourth-order valence-electron chi connectivity index (χ4n) is 1.91. The van der Waals surface area contributed by atoms with Crippen molar-refractivity contribution in [2.24, 2.45) is 5.73 Å². The van der Waals surface area contributed by atoms with E-state index in [4.69, 9.17) is 10.2 Å². The highest BCUT2D eigenvalue weighted by Gasteiger charge is 2.20. The Morgan fingerprint density at radius 1 is 1.21 bits per heavy atom. The number of nitrogens with two attached hydrogens (primary N) is 1. The number of carbonyl (C=O) groups excluding carboxylic acids is 2. The molecule has 1 atom stereocenters. The van der Waals surface area contributed by atoms with Gasteiger partial charge in [-0.1, -0.05) is 44.7 Å². The Balaban J connectivity index is 2.08. The van der Waals surface area contributed by atoms with Crippen molar-refractivity contribution in [3.63, 3.8) is 0 Å². The topological polar surface area (TPSA) is 111 Å². The molecule has 128 valence electrons. The summed E-state index contributed by atoms with van der Waals surface area (Å²) in [6.07, 6.45) is 0. The van der Waals surface area contributed by atoms with Crippen LogP contribution >= 0.6 is 11.8 Å². The molecule has 3 N–H and O–H groups in total. The van der Waals surface area contributed by atoms with Crippen molar-refractivity contribution in [3.8, 4) is 11.5 Å². The molecule has 1 aromatic heterocycles. The molecule has 0 spiro atoms. The van der Waals surface area contributed by atoms with Crippen LogP contribution in [0.4, 0.5) is 4.79 Å². The van der Waals surface area contributed by atoms with Gasteiger partial charge in [0, 0.05) is 5.56 Å². The predicted octanol–water partition coefficient (Wildman–Crippen LogP) is 2.71. The molecule has 1 unspecified atom stereocenters. The monoisotopic (exact) mass is 348 g/mol. The summed E-state index contributed by atoms with van der Waals surface area (Å²) >= 11 is 1.06. The van der Waals surface area contributed by atoms with Crippen molar-refractivity contribution in [2.45, 2.75) is 43.6 Å². The molecule has 0 radical (unpaired) electrons. The van der Waals surface area contributed by atoms with E-state index in [1.165, 1.54) is 5.56 Å². The van der Waals surface area contributed by atoms with Crippen LogP contribution in [0.2, 0.25) is 0 Å². The summed E-state index contributed by atoms with van der Waals surface area (Å²) in [5.74, 6) is -0.137. The Morgan fingerprint density at radius 2 is 1.83 bits per heavy atom. The molecule has 0 bridgehead atoms. The summed E-state index contributed by atoms with van der Waals surface area (Å²) in [7, 11) is 0. The maximum Gasteiger partial charge on any atom is 0.318 e. The van der Waals surface area contributed by atoms with Gasteiger partial charge in [-0.3, -0.25) is 10.1 Å². The third-order valence-electron chi connectivity index (χ3n) is 3.30. The average Bonchev–Trinajstić information content (AvgIpc) is 2.94. The number of imide groups is 1. The van der Waals surface area contributed by atoms with Gasteiger partial charge in [-0.25, -0.2) is 4.79 Å². The van der Waals surface area contributed by atoms with Crippen molar-refractivity contribution in [3.05, 3.63) is 29.8 Å². The van der Waals surface area contributed by atoms with Crippen LogP contribution < -0.4 is 11.1 Å². The molecule has 3 amide bonds. The molecule has 2 rings (SSSR count). The van der Waals surface area contributed by atoms with Crippen LogP contribution in [0, 0.1) is 0 Å². The summed E-state index contributed by atoms with van der Waals surface area (Å²) in [6.45, 7) is 8.04. The SMILES string of the molecule is CC(Sc1nnc(-c2ccc(C(C)(C)C)cc2)o1)C(=O)NC(N)=O. The molecule has 8 heteroatoms. The van der Waals surface area contributed by atoms with Gasteiger partial charge in [-0.15, -0.1) is 10.2 Å². The van der Waals surface area contributed by atoms with Gasteiger partial charge in [0.1, 0.15) is 0 Å². The van der Waals surface area contributed by atoms with Crippen molar-refractivity contribution in [1.29, 1.82) is 0 Å². The van der Waals surface area contributed by atoms with Crippen LogP contribution in [-0.4, -0.2) is 27.4 Å². The molecule has 7 nitrogen and oxygen atoms in total. The lowest BCUT2D eigenvalue weighted by Crippen LogP contribution is -2.39. The van der Waals surface area contributed by atoms with E-state index < -0.39 is 17.2 Å². The molecule has 0 aliphatic heterocycles. The van der Waals surface area contributed by atoms with Crippen molar-refractivity contribution in [2.75, 3.05) is 0 Å².